The number of hydrogen-bond donors (Lipinski definition) is 3. The lowest BCUT2D eigenvalue weighted by Gasteiger charge is -2.23. The monoisotopic (exact) mass is 433 g/mol. The van der Waals surface area contributed by atoms with Crippen LogP contribution in [0.5, 0.6) is 0 Å². The molecule has 0 saturated carbocycles. The maximum atomic E-state index is 12.1. The Morgan fingerprint density at radius 1 is 0.966 bits per heavy atom. The van der Waals surface area contributed by atoms with Gasteiger partial charge in [0.15, 0.2) is 0 Å². The summed E-state index contributed by atoms with van der Waals surface area (Å²) in [5.41, 5.74) is 0. The van der Waals surface area contributed by atoms with E-state index >= 15 is 0 Å². The lowest BCUT2D eigenvalue weighted by Crippen LogP contribution is -2.39. The van der Waals surface area contributed by atoms with Crippen LogP contribution in [0, 0.1) is 11.8 Å². The highest BCUT2D eigenvalue weighted by atomic mass is 32.2. The van der Waals surface area contributed by atoms with E-state index in [1.54, 1.807) is 11.8 Å². The maximum Gasteiger partial charge on any atom is 0.314 e. The predicted molar refractivity (Wildman–Crippen MR) is 119 cm³/mol. The third kappa shape index (κ3) is 16.0. The molecule has 0 bridgehead atoms. The molecule has 2 unspecified atom stereocenters. The van der Waals surface area contributed by atoms with Gasteiger partial charge in [0.05, 0.1) is 40.2 Å². The Bertz CT molecular complexity index is 497. The Morgan fingerprint density at radius 2 is 1.62 bits per heavy atom. The summed E-state index contributed by atoms with van der Waals surface area (Å²) in [6.45, 7) is 8.37. The van der Waals surface area contributed by atoms with Gasteiger partial charge in [-0.15, -0.1) is 0 Å². The molecule has 0 aliphatic carbocycles. The third-order valence-electron chi connectivity index (χ3n) is 4.30. The Hall–Kier alpha value is -1.48. The average molecular weight is 434 g/mol. The fraction of sp³-hybridized carbons (Fsp3) is 0.850. The molecule has 0 aliphatic rings. The van der Waals surface area contributed by atoms with E-state index in [1.165, 1.54) is 0 Å². The van der Waals surface area contributed by atoms with Crippen LogP contribution in [0.4, 0.5) is 4.79 Å². The molecule has 9 heteroatoms. The summed E-state index contributed by atoms with van der Waals surface area (Å²) in [6, 6.07) is -0.284. The molecule has 0 aromatic carbocycles. The lowest BCUT2D eigenvalue weighted by atomic mass is 10.1. The van der Waals surface area contributed by atoms with Crippen molar-refractivity contribution in [2.75, 3.05) is 65.4 Å². The smallest absolute Gasteiger partial charge is 0.314 e. The average Bonchev–Trinajstić information content (AvgIpc) is 2.66. The van der Waals surface area contributed by atoms with Crippen LogP contribution >= 0.6 is 11.8 Å². The van der Waals surface area contributed by atoms with Crippen molar-refractivity contribution < 1.29 is 23.6 Å². The molecule has 0 spiro atoms. The minimum Gasteiger partial charge on any atom is -0.464 e. The molecule has 0 radical (unpaired) electrons. The second-order valence-electron chi connectivity index (χ2n) is 8.29. The van der Waals surface area contributed by atoms with E-state index in [4.69, 9.17) is 4.74 Å². The van der Waals surface area contributed by atoms with Gasteiger partial charge in [-0.05, 0) is 6.42 Å². The number of esters is 1. The van der Waals surface area contributed by atoms with Crippen molar-refractivity contribution in [1.29, 1.82) is 0 Å². The number of rotatable bonds is 15. The molecule has 3 N–H and O–H groups in total. The minimum absolute atomic E-state index is 0.0573. The molecule has 170 valence electrons. The van der Waals surface area contributed by atoms with Gasteiger partial charge in [0.25, 0.3) is 0 Å². The first-order valence-electron chi connectivity index (χ1n) is 10.4. The van der Waals surface area contributed by atoms with Gasteiger partial charge in [-0.25, -0.2) is 4.79 Å². The van der Waals surface area contributed by atoms with E-state index in [-0.39, 0.29) is 42.9 Å². The van der Waals surface area contributed by atoms with Gasteiger partial charge in [0.1, 0.15) is 6.61 Å². The second kappa shape index (κ2) is 15.4. The number of thioether (sulfide) groups is 1. The van der Waals surface area contributed by atoms with Crippen LogP contribution in [0.1, 0.15) is 33.6 Å². The summed E-state index contributed by atoms with van der Waals surface area (Å²) >= 11 is 1.64. The number of hydrogen-bond acceptors (Lipinski definition) is 5. The van der Waals surface area contributed by atoms with Gasteiger partial charge in [-0.3, -0.25) is 9.59 Å². The summed E-state index contributed by atoms with van der Waals surface area (Å²) < 4.78 is 5.96. The lowest BCUT2D eigenvalue weighted by molar-refractivity contribution is -0.870. The molecule has 0 aliphatic heterocycles. The SMILES string of the molecule is CCC(C)C(=O)OCCNC(=O)NCCSCC(C)C(=O)NCCC[N+](C)(C)C. The fourth-order valence-electron chi connectivity index (χ4n) is 2.20. The fourth-order valence-corrected chi connectivity index (χ4v) is 3.12. The zero-order valence-electron chi connectivity index (χ0n) is 19.0. The number of carbonyl (C=O) groups excluding carboxylic acids is 3. The first-order valence-corrected chi connectivity index (χ1v) is 11.6. The Morgan fingerprint density at radius 3 is 2.24 bits per heavy atom. The quantitative estimate of drug-likeness (QED) is 0.206. The second-order valence-corrected chi connectivity index (χ2v) is 9.44. The molecule has 3 amide bonds. The minimum atomic E-state index is -0.284. The van der Waals surface area contributed by atoms with E-state index in [0.29, 0.717) is 13.1 Å². The van der Waals surface area contributed by atoms with Gasteiger partial charge in [-0.1, -0.05) is 20.8 Å². The molecular formula is C20H41N4O4S+. The van der Waals surface area contributed by atoms with Gasteiger partial charge in [0, 0.05) is 36.9 Å². The first kappa shape index (κ1) is 27.5. The Kier molecular flexibility index (Phi) is 14.6. The van der Waals surface area contributed by atoms with Crippen LogP contribution in [0.2, 0.25) is 0 Å². The molecular weight excluding hydrogens is 392 g/mol. The zero-order chi connectivity index (χ0) is 22.3. The summed E-state index contributed by atoms with van der Waals surface area (Å²) in [5, 5.41) is 8.38. The van der Waals surface area contributed by atoms with Crippen LogP contribution in [-0.4, -0.2) is 87.8 Å². The van der Waals surface area contributed by atoms with Crippen molar-refractivity contribution in [2.24, 2.45) is 11.8 Å². The van der Waals surface area contributed by atoms with Crippen LogP contribution < -0.4 is 16.0 Å². The van der Waals surface area contributed by atoms with Crippen LogP contribution in [0.15, 0.2) is 0 Å². The summed E-state index contributed by atoms with van der Waals surface area (Å²) in [4.78, 5) is 35.2. The van der Waals surface area contributed by atoms with Crippen molar-refractivity contribution in [1.82, 2.24) is 16.0 Å². The van der Waals surface area contributed by atoms with E-state index in [9.17, 15) is 14.4 Å². The van der Waals surface area contributed by atoms with Crippen molar-refractivity contribution in [2.45, 2.75) is 33.6 Å². The molecule has 8 nitrogen and oxygen atoms in total. The van der Waals surface area contributed by atoms with Crippen molar-refractivity contribution in [3.05, 3.63) is 0 Å². The highest BCUT2D eigenvalue weighted by molar-refractivity contribution is 7.99. The van der Waals surface area contributed by atoms with Gasteiger partial charge in [-0.2, -0.15) is 11.8 Å². The van der Waals surface area contributed by atoms with E-state index in [1.807, 2.05) is 20.8 Å². The van der Waals surface area contributed by atoms with E-state index in [0.717, 1.165) is 35.4 Å². The molecule has 29 heavy (non-hydrogen) atoms. The Balaban J connectivity index is 3.65. The molecule has 0 heterocycles. The number of amides is 3. The van der Waals surface area contributed by atoms with Crippen LogP contribution in [0.3, 0.4) is 0 Å². The maximum absolute atomic E-state index is 12.1. The van der Waals surface area contributed by atoms with Gasteiger partial charge in [0.2, 0.25) is 5.91 Å². The normalized spacial score (nSPS) is 13.3. The first-order chi connectivity index (χ1) is 13.6. The number of carbonyl (C=O) groups is 3. The predicted octanol–water partition coefficient (Wildman–Crippen LogP) is 1.46. The highest BCUT2D eigenvalue weighted by Gasteiger charge is 2.14. The summed E-state index contributed by atoms with van der Waals surface area (Å²) in [6.07, 6.45) is 1.70. The van der Waals surface area contributed by atoms with E-state index < -0.39 is 0 Å². The standard InChI is InChI=1S/C20H40N4O4S/c1-7-16(2)19(26)28-13-10-22-20(27)23-11-14-29-15-17(3)18(25)21-9-8-12-24(4,5)6/h16-17H,7-15H2,1-6H3,(H2-,21,22,23,25,27)/p+1. The van der Waals surface area contributed by atoms with Crippen molar-refractivity contribution >= 4 is 29.7 Å². The number of urea groups is 1. The van der Waals surface area contributed by atoms with E-state index in [2.05, 4.69) is 37.1 Å². The highest BCUT2D eigenvalue weighted by Crippen LogP contribution is 2.08. The molecule has 0 aromatic heterocycles. The van der Waals surface area contributed by atoms with Crippen molar-refractivity contribution in [3.63, 3.8) is 0 Å². The number of nitrogens with zero attached hydrogens (tertiary/aromatic N) is 1. The Labute approximate surface area is 180 Å². The number of quaternary nitrogens is 1. The number of nitrogens with one attached hydrogen (secondary N) is 3. The summed E-state index contributed by atoms with van der Waals surface area (Å²) in [5.74, 6) is 1.12. The van der Waals surface area contributed by atoms with Crippen LogP contribution in [-0.2, 0) is 14.3 Å². The van der Waals surface area contributed by atoms with Crippen LogP contribution in [0.25, 0.3) is 0 Å². The largest absolute Gasteiger partial charge is 0.464 e. The summed E-state index contributed by atoms with van der Waals surface area (Å²) in [7, 11) is 6.41. The number of ether oxygens (including phenoxy) is 1. The van der Waals surface area contributed by atoms with Gasteiger partial charge < -0.3 is 25.2 Å². The molecule has 0 saturated heterocycles. The molecule has 0 rings (SSSR count). The third-order valence-corrected chi connectivity index (χ3v) is 5.53. The van der Waals surface area contributed by atoms with Crippen molar-refractivity contribution in [3.8, 4) is 0 Å². The van der Waals surface area contributed by atoms with Gasteiger partial charge >= 0.3 is 12.0 Å². The zero-order valence-corrected chi connectivity index (χ0v) is 19.8. The molecule has 0 fully saturated rings. The molecule has 0 aromatic rings. The molecule has 2 atom stereocenters. The topological polar surface area (TPSA) is 96.5 Å².